The Kier molecular flexibility index (Phi) is 6.27. The minimum Gasteiger partial charge on any atom is -0.351 e. The molecule has 0 saturated heterocycles. The molecule has 4 aromatic rings. The fourth-order valence-electron chi connectivity index (χ4n) is 3.92. The summed E-state index contributed by atoms with van der Waals surface area (Å²) >= 11 is 0. The number of aromatic nitrogens is 2. The van der Waals surface area contributed by atoms with E-state index in [9.17, 15) is 4.79 Å². The Morgan fingerprint density at radius 2 is 1.45 bits per heavy atom. The first-order valence-corrected chi connectivity index (χ1v) is 10.6. The largest absolute Gasteiger partial charge is 0.351 e. The number of hydrogen-bond donors (Lipinski definition) is 1. The average molecular weight is 410 g/mol. The molecule has 4 nitrogen and oxygen atoms in total. The monoisotopic (exact) mass is 409 g/mol. The molecule has 0 bridgehead atoms. The topological polar surface area (TPSA) is 46.9 Å². The van der Waals surface area contributed by atoms with Crippen molar-refractivity contribution in [2.45, 2.75) is 32.9 Å². The molecule has 0 aliphatic carbocycles. The number of carbonyl (C=O) groups is 1. The van der Waals surface area contributed by atoms with Crippen LogP contribution in [0, 0.1) is 13.8 Å². The number of aryl methyl sites for hydroxylation is 2. The molecule has 0 fully saturated rings. The molecule has 4 rings (SSSR count). The Labute approximate surface area is 183 Å². The molecule has 3 aromatic carbocycles. The molecule has 31 heavy (non-hydrogen) atoms. The maximum Gasteiger partial charge on any atom is 0.232 e. The SMILES string of the molecule is Cc1cc(C)n(Cc2cccc(CNC(=O)C(c3ccccc3)c3ccccc3)c2)n1. The van der Waals surface area contributed by atoms with Gasteiger partial charge in [-0.1, -0.05) is 84.9 Å². The van der Waals surface area contributed by atoms with Crippen molar-refractivity contribution in [3.05, 3.63) is 125 Å². The minimum atomic E-state index is -0.333. The molecule has 0 spiro atoms. The zero-order valence-corrected chi connectivity index (χ0v) is 18.0. The van der Waals surface area contributed by atoms with Gasteiger partial charge in [-0.05, 0) is 42.2 Å². The number of nitrogens with zero attached hydrogens (tertiary/aromatic N) is 2. The predicted octanol–water partition coefficient (Wildman–Crippen LogP) is 5.00. The van der Waals surface area contributed by atoms with Gasteiger partial charge in [-0.25, -0.2) is 0 Å². The third-order valence-corrected chi connectivity index (χ3v) is 5.42. The zero-order valence-electron chi connectivity index (χ0n) is 18.0. The average Bonchev–Trinajstić information content (AvgIpc) is 3.11. The van der Waals surface area contributed by atoms with Crippen LogP contribution in [-0.2, 0) is 17.9 Å². The van der Waals surface area contributed by atoms with Crippen LogP contribution in [0.1, 0.15) is 39.6 Å². The first kappa shape index (κ1) is 20.6. The third kappa shape index (κ3) is 5.10. The van der Waals surface area contributed by atoms with Gasteiger partial charge in [0, 0.05) is 12.2 Å². The molecule has 0 aliphatic rings. The summed E-state index contributed by atoms with van der Waals surface area (Å²) in [5, 5.41) is 7.69. The molecule has 156 valence electrons. The summed E-state index contributed by atoms with van der Waals surface area (Å²) in [5.74, 6) is -0.332. The van der Waals surface area contributed by atoms with Crippen LogP contribution < -0.4 is 5.32 Å². The fourth-order valence-corrected chi connectivity index (χ4v) is 3.92. The standard InChI is InChI=1S/C27H27N3O/c1-20-16-21(2)30(29-20)19-23-11-9-10-22(17-23)18-28-27(31)26(24-12-5-3-6-13-24)25-14-7-4-8-15-25/h3-17,26H,18-19H2,1-2H3,(H,28,31). The number of carbonyl (C=O) groups excluding carboxylic acids is 1. The minimum absolute atomic E-state index is 0.00125. The van der Waals surface area contributed by atoms with Gasteiger partial charge in [0.15, 0.2) is 0 Å². The van der Waals surface area contributed by atoms with Crippen molar-refractivity contribution in [1.29, 1.82) is 0 Å². The van der Waals surface area contributed by atoms with E-state index in [1.165, 1.54) is 5.56 Å². The van der Waals surface area contributed by atoms with E-state index in [0.717, 1.165) is 34.6 Å². The van der Waals surface area contributed by atoms with Gasteiger partial charge < -0.3 is 5.32 Å². The summed E-state index contributed by atoms with van der Waals surface area (Å²) in [5.41, 5.74) is 6.39. The van der Waals surface area contributed by atoms with E-state index >= 15 is 0 Å². The van der Waals surface area contributed by atoms with Crippen molar-refractivity contribution in [3.63, 3.8) is 0 Å². The van der Waals surface area contributed by atoms with Crippen molar-refractivity contribution in [2.75, 3.05) is 0 Å². The molecular formula is C27H27N3O. The molecule has 0 aliphatic heterocycles. The lowest BCUT2D eigenvalue weighted by atomic mass is 9.90. The van der Waals surface area contributed by atoms with Gasteiger partial charge in [0.1, 0.15) is 0 Å². The summed E-state index contributed by atoms with van der Waals surface area (Å²) in [7, 11) is 0. The number of benzene rings is 3. The molecule has 0 unspecified atom stereocenters. The second kappa shape index (κ2) is 9.43. The highest BCUT2D eigenvalue weighted by atomic mass is 16.1. The number of rotatable bonds is 7. The second-order valence-corrected chi connectivity index (χ2v) is 7.88. The van der Waals surface area contributed by atoms with Crippen LogP contribution in [0.3, 0.4) is 0 Å². The van der Waals surface area contributed by atoms with E-state index in [-0.39, 0.29) is 11.8 Å². The van der Waals surface area contributed by atoms with Crippen LogP contribution in [0.25, 0.3) is 0 Å². The normalized spacial score (nSPS) is 10.9. The van der Waals surface area contributed by atoms with Crippen molar-refractivity contribution in [2.24, 2.45) is 0 Å². The third-order valence-electron chi connectivity index (χ3n) is 5.42. The molecule has 0 atom stereocenters. The van der Waals surface area contributed by atoms with Gasteiger partial charge in [-0.2, -0.15) is 5.10 Å². The molecule has 1 amide bonds. The molecule has 1 aromatic heterocycles. The Hall–Kier alpha value is -3.66. The Bertz CT molecular complexity index is 1110. The Morgan fingerprint density at radius 3 is 2.03 bits per heavy atom. The fraction of sp³-hybridized carbons (Fsp3) is 0.185. The summed E-state index contributed by atoms with van der Waals surface area (Å²) in [6.07, 6.45) is 0. The molecule has 0 radical (unpaired) electrons. The van der Waals surface area contributed by atoms with E-state index < -0.39 is 0 Å². The highest BCUT2D eigenvalue weighted by molar-refractivity contribution is 5.87. The predicted molar refractivity (Wildman–Crippen MR) is 124 cm³/mol. The lowest BCUT2D eigenvalue weighted by molar-refractivity contribution is -0.121. The van der Waals surface area contributed by atoms with E-state index in [0.29, 0.717) is 6.54 Å². The van der Waals surface area contributed by atoms with E-state index in [1.807, 2.05) is 84.4 Å². The second-order valence-electron chi connectivity index (χ2n) is 7.88. The van der Waals surface area contributed by atoms with Gasteiger partial charge >= 0.3 is 0 Å². The molecule has 0 saturated carbocycles. The van der Waals surface area contributed by atoms with Crippen LogP contribution in [0.5, 0.6) is 0 Å². The van der Waals surface area contributed by atoms with Gasteiger partial charge in [-0.15, -0.1) is 0 Å². The van der Waals surface area contributed by atoms with E-state index in [1.54, 1.807) is 0 Å². The van der Waals surface area contributed by atoms with Crippen LogP contribution in [-0.4, -0.2) is 15.7 Å². The summed E-state index contributed by atoms with van der Waals surface area (Å²) < 4.78 is 2.01. The smallest absolute Gasteiger partial charge is 0.232 e. The van der Waals surface area contributed by atoms with Crippen molar-refractivity contribution in [3.8, 4) is 0 Å². The van der Waals surface area contributed by atoms with Crippen LogP contribution in [0.2, 0.25) is 0 Å². The lowest BCUT2D eigenvalue weighted by Gasteiger charge is -2.18. The number of nitrogens with one attached hydrogen (secondary N) is 1. The van der Waals surface area contributed by atoms with Gasteiger partial charge in [-0.3, -0.25) is 9.48 Å². The summed E-state index contributed by atoms with van der Waals surface area (Å²) in [6.45, 7) is 5.28. The lowest BCUT2D eigenvalue weighted by Crippen LogP contribution is -2.29. The van der Waals surface area contributed by atoms with E-state index in [4.69, 9.17) is 0 Å². The maximum absolute atomic E-state index is 13.2. The molecular weight excluding hydrogens is 382 g/mol. The molecule has 4 heteroatoms. The van der Waals surface area contributed by atoms with Gasteiger partial charge in [0.2, 0.25) is 5.91 Å². The number of hydrogen-bond acceptors (Lipinski definition) is 2. The van der Waals surface area contributed by atoms with Gasteiger partial charge in [0.25, 0.3) is 0 Å². The molecule has 1 N–H and O–H groups in total. The number of amides is 1. The van der Waals surface area contributed by atoms with Crippen molar-refractivity contribution < 1.29 is 4.79 Å². The summed E-state index contributed by atoms with van der Waals surface area (Å²) in [4.78, 5) is 13.2. The molecule has 1 heterocycles. The zero-order chi connectivity index (χ0) is 21.6. The summed E-state index contributed by atoms with van der Waals surface area (Å²) in [6, 6.07) is 30.3. The first-order valence-electron chi connectivity index (χ1n) is 10.6. The Morgan fingerprint density at radius 1 is 0.839 bits per heavy atom. The van der Waals surface area contributed by atoms with Crippen LogP contribution in [0.4, 0.5) is 0 Å². The maximum atomic E-state index is 13.2. The van der Waals surface area contributed by atoms with Crippen LogP contribution >= 0.6 is 0 Å². The van der Waals surface area contributed by atoms with Crippen LogP contribution in [0.15, 0.2) is 91.0 Å². The van der Waals surface area contributed by atoms with Crippen molar-refractivity contribution in [1.82, 2.24) is 15.1 Å². The van der Waals surface area contributed by atoms with Gasteiger partial charge in [0.05, 0.1) is 18.2 Å². The van der Waals surface area contributed by atoms with E-state index in [2.05, 4.69) is 35.5 Å². The van der Waals surface area contributed by atoms with Crippen molar-refractivity contribution >= 4 is 5.91 Å². The quantitative estimate of drug-likeness (QED) is 0.467. The first-order chi connectivity index (χ1) is 15.1. The Balaban J connectivity index is 1.48. The highest BCUT2D eigenvalue weighted by Crippen LogP contribution is 2.25. The highest BCUT2D eigenvalue weighted by Gasteiger charge is 2.22.